The normalized spacial score (nSPS) is 12.4. The third-order valence-electron chi connectivity index (χ3n) is 2.33. The smallest absolute Gasteiger partial charge is 0.149 e. The van der Waals surface area contributed by atoms with Gasteiger partial charge < -0.3 is 16.8 Å². The lowest BCUT2D eigenvalue weighted by Gasteiger charge is -2.12. The molecule has 0 aromatic carbocycles. The van der Waals surface area contributed by atoms with Crippen LogP contribution in [0.2, 0.25) is 0 Å². The Hall–Kier alpha value is -1.82. The van der Waals surface area contributed by atoms with Gasteiger partial charge >= 0.3 is 0 Å². The van der Waals surface area contributed by atoms with Gasteiger partial charge in [0.25, 0.3) is 0 Å². The number of hydrogen-bond donors (Lipinski definition) is 3. The third kappa shape index (κ3) is 2.65. The van der Waals surface area contributed by atoms with Crippen LogP contribution >= 0.6 is 11.3 Å². The monoisotopic (exact) mass is 249 g/mol. The molecular formula is C11H15N5S. The largest absolute Gasteiger partial charge is 0.396 e. The van der Waals surface area contributed by atoms with Gasteiger partial charge in [0.05, 0.1) is 11.7 Å². The summed E-state index contributed by atoms with van der Waals surface area (Å²) in [6, 6.07) is 3.65. The van der Waals surface area contributed by atoms with Crippen LogP contribution in [0.4, 0.5) is 17.3 Å². The number of nitrogens with one attached hydrogen (secondary N) is 1. The SMILES string of the molecule is Cc1cnc(C(C)Nc2ccc(N)c(N)n2)s1. The molecule has 2 aromatic heterocycles. The number of pyridine rings is 1. The standard InChI is InChI=1S/C11H15N5S/c1-6-5-14-11(17-6)7(2)15-9-4-3-8(12)10(13)16-9/h3-5,7H,12H2,1-2H3,(H3,13,15,16). The third-order valence-corrected chi connectivity index (χ3v) is 3.43. The highest BCUT2D eigenvalue weighted by atomic mass is 32.1. The highest BCUT2D eigenvalue weighted by Gasteiger charge is 2.10. The van der Waals surface area contributed by atoms with Crippen molar-refractivity contribution in [2.45, 2.75) is 19.9 Å². The van der Waals surface area contributed by atoms with Crippen LogP contribution < -0.4 is 16.8 Å². The molecule has 6 heteroatoms. The minimum absolute atomic E-state index is 0.101. The summed E-state index contributed by atoms with van der Waals surface area (Å²) in [5.74, 6) is 1.05. The van der Waals surface area contributed by atoms with Crippen LogP contribution in [0, 0.1) is 6.92 Å². The number of hydrogen-bond acceptors (Lipinski definition) is 6. The van der Waals surface area contributed by atoms with Gasteiger partial charge in [0, 0.05) is 11.1 Å². The first kappa shape index (κ1) is 11.7. The van der Waals surface area contributed by atoms with E-state index >= 15 is 0 Å². The van der Waals surface area contributed by atoms with Crippen molar-refractivity contribution in [1.82, 2.24) is 9.97 Å². The zero-order valence-electron chi connectivity index (χ0n) is 9.77. The molecule has 0 aliphatic rings. The Labute approximate surface area is 104 Å². The van der Waals surface area contributed by atoms with E-state index in [0.717, 1.165) is 5.01 Å². The van der Waals surface area contributed by atoms with Crippen molar-refractivity contribution < 1.29 is 0 Å². The summed E-state index contributed by atoms with van der Waals surface area (Å²) >= 11 is 1.67. The Morgan fingerprint density at radius 1 is 1.35 bits per heavy atom. The van der Waals surface area contributed by atoms with Crippen molar-refractivity contribution in [3.63, 3.8) is 0 Å². The van der Waals surface area contributed by atoms with Crippen molar-refractivity contribution in [3.8, 4) is 0 Å². The van der Waals surface area contributed by atoms with Gasteiger partial charge in [-0.2, -0.15) is 0 Å². The molecule has 1 atom stereocenters. The number of thiazole rings is 1. The highest BCUT2D eigenvalue weighted by Crippen LogP contribution is 2.23. The first-order chi connectivity index (χ1) is 8.06. The Bertz CT molecular complexity index is 522. The van der Waals surface area contributed by atoms with Crippen molar-refractivity contribution in [3.05, 3.63) is 28.2 Å². The number of nitrogen functional groups attached to an aromatic ring is 2. The van der Waals surface area contributed by atoms with Gasteiger partial charge in [0.2, 0.25) is 0 Å². The minimum atomic E-state index is 0.101. The van der Waals surface area contributed by atoms with E-state index in [0.29, 0.717) is 17.3 Å². The summed E-state index contributed by atoms with van der Waals surface area (Å²) in [6.07, 6.45) is 1.86. The zero-order chi connectivity index (χ0) is 12.4. The number of rotatable bonds is 3. The van der Waals surface area contributed by atoms with Crippen LogP contribution in [0.3, 0.4) is 0 Å². The van der Waals surface area contributed by atoms with Crippen LogP contribution in [0.25, 0.3) is 0 Å². The Morgan fingerprint density at radius 2 is 2.12 bits per heavy atom. The predicted molar refractivity (Wildman–Crippen MR) is 72.0 cm³/mol. The molecule has 0 fully saturated rings. The molecule has 0 amide bonds. The molecule has 5 nitrogen and oxygen atoms in total. The summed E-state index contributed by atoms with van der Waals surface area (Å²) in [4.78, 5) is 9.68. The fourth-order valence-corrected chi connectivity index (χ4v) is 2.20. The average molecular weight is 249 g/mol. The lowest BCUT2D eigenvalue weighted by atomic mass is 10.3. The van der Waals surface area contributed by atoms with E-state index in [2.05, 4.69) is 15.3 Å². The molecule has 0 saturated heterocycles. The molecule has 0 radical (unpaired) electrons. The van der Waals surface area contributed by atoms with E-state index in [-0.39, 0.29) is 6.04 Å². The number of aryl methyl sites for hydroxylation is 1. The van der Waals surface area contributed by atoms with E-state index in [9.17, 15) is 0 Å². The van der Waals surface area contributed by atoms with Crippen LogP contribution in [-0.2, 0) is 0 Å². The maximum atomic E-state index is 5.65. The molecule has 2 aromatic rings. The second-order valence-electron chi connectivity index (χ2n) is 3.85. The summed E-state index contributed by atoms with van der Waals surface area (Å²) in [5, 5.41) is 4.27. The number of nitrogens with zero attached hydrogens (tertiary/aromatic N) is 2. The van der Waals surface area contributed by atoms with Crippen molar-refractivity contribution in [2.75, 3.05) is 16.8 Å². The molecule has 90 valence electrons. The molecule has 1 unspecified atom stereocenters. The fraction of sp³-hybridized carbons (Fsp3) is 0.273. The number of anilines is 3. The number of nitrogens with two attached hydrogens (primary N) is 2. The molecule has 17 heavy (non-hydrogen) atoms. The molecule has 0 aliphatic carbocycles. The van der Waals surface area contributed by atoms with Gasteiger partial charge in [-0.05, 0) is 26.0 Å². The maximum Gasteiger partial charge on any atom is 0.149 e. The summed E-state index contributed by atoms with van der Waals surface area (Å²) < 4.78 is 0. The molecule has 2 heterocycles. The van der Waals surface area contributed by atoms with Gasteiger partial charge in [0.15, 0.2) is 0 Å². The van der Waals surface area contributed by atoms with Crippen LogP contribution in [0.5, 0.6) is 0 Å². The second kappa shape index (κ2) is 4.58. The summed E-state index contributed by atoms with van der Waals surface area (Å²) in [7, 11) is 0. The first-order valence-corrected chi connectivity index (χ1v) is 6.09. The van der Waals surface area contributed by atoms with E-state index in [1.165, 1.54) is 4.88 Å². The molecule has 0 saturated carbocycles. The Balaban J connectivity index is 2.12. The molecule has 0 bridgehead atoms. The first-order valence-electron chi connectivity index (χ1n) is 5.27. The van der Waals surface area contributed by atoms with Gasteiger partial charge in [-0.1, -0.05) is 0 Å². The van der Waals surface area contributed by atoms with E-state index in [1.807, 2.05) is 26.1 Å². The van der Waals surface area contributed by atoms with Crippen molar-refractivity contribution in [1.29, 1.82) is 0 Å². The molecule has 0 spiro atoms. The zero-order valence-corrected chi connectivity index (χ0v) is 10.6. The fourth-order valence-electron chi connectivity index (χ4n) is 1.42. The topological polar surface area (TPSA) is 89.8 Å². The van der Waals surface area contributed by atoms with Crippen LogP contribution in [0.15, 0.2) is 18.3 Å². The molecular weight excluding hydrogens is 234 g/mol. The Kier molecular flexibility index (Phi) is 3.14. The van der Waals surface area contributed by atoms with Gasteiger partial charge in [-0.15, -0.1) is 11.3 Å². The summed E-state index contributed by atoms with van der Waals surface area (Å²) in [5.41, 5.74) is 11.8. The van der Waals surface area contributed by atoms with E-state index in [4.69, 9.17) is 11.5 Å². The lowest BCUT2D eigenvalue weighted by molar-refractivity contribution is 0.861. The lowest BCUT2D eigenvalue weighted by Crippen LogP contribution is -2.09. The maximum absolute atomic E-state index is 5.65. The van der Waals surface area contributed by atoms with E-state index in [1.54, 1.807) is 17.4 Å². The van der Waals surface area contributed by atoms with Crippen LogP contribution in [-0.4, -0.2) is 9.97 Å². The van der Waals surface area contributed by atoms with Crippen molar-refractivity contribution in [2.24, 2.45) is 0 Å². The molecule has 2 rings (SSSR count). The minimum Gasteiger partial charge on any atom is -0.396 e. The van der Waals surface area contributed by atoms with Gasteiger partial charge in [0.1, 0.15) is 16.6 Å². The van der Waals surface area contributed by atoms with Crippen molar-refractivity contribution >= 4 is 28.7 Å². The van der Waals surface area contributed by atoms with E-state index < -0.39 is 0 Å². The van der Waals surface area contributed by atoms with Gasteiger partial charge in [-0.3, -0.25) is 0 Å². The quantitative estimate of drug-likeness (QED) is 0.775. The summed E-state index contributed by atoms with van der Waals surface area (Å²) in [6.45, 7) is 4.07. The van der Waals surface area contributed by atoms with Gasteiger partial charge in [-0.25, -0.2) is 9.97 Å². The molecule has 5 N–H and O–H groups in total. The highest BCUT2D eigenvalue weighted by molar-refractivity contribution is 7.11. The number of aromatic nitrogens is 2. The second-order valence-corrected chi connectivity index (χ2v) is 5.11. The van der Waals surface area contributed by atoms with Crippen LogP contribution in [0.1, 0.15) is 22.9 Å². The Morgan fingerprint density at radius 3 is 2.71 bits per heavy atom. The average Bonchev–Trinajstić information content (AvgIpc) is 2.70. The predicted octanol–water partition coefficient (Wildman–Crippen LogP) is 2.18. The molecule has 0 aliphatic heterocycles.